The summed E-state index contributed by atoms with van der Waals surface area (Å²) in [4.78, 5) is 0. The third kappa shape index (κ3) is 5.29. The zero-order valence-corrected chi connectivity index (χ0v) is 19.8. The first-order valence-corrected chi connectivity index (χ1v) is 12.2. The number of fused-ring (bicyclic) bond motifs is 1. The van der Waals surface area contributed by atoms with Crippen molar-refractivity contribution in [3.05, 3.63) is 34.9 Å². The fraction of sp³-hybridized carbons (Fsp3) is 0.778. The first-order chi connectivity index (χ1) is 14.0. The van der Waals surface area contributed by atoms with Crippen molar-refractivity contribution < 1.29 is 15.3 Å². The first-order valence-electron chi connectivity index (χ1n) is 12.2. The summed E-state index contributed by atoms with van der Waals surface area (Å²) in [5.74, 6) is 1.33. The van der Waals surface area contributed by atoms with Crippen molar-refractivity contribution in [3.63, 3.8) is 0 Å². The summed E-state index contributed by atoms with van der Waals surface area (Å²) in [7, 11) is 0. The summed E-state index contributed by atoms with van der Waals surface area (Å²) in [5.41, 5.74) is 3.97. The third-order valence-corrected chi connectivity index (χ3v) is 8.35. The lowest BCUT2D eigenvalue weighted by Gasteiger charge is -2.40. The van der Waals surface area contributed by atoms with Crippen molar-refractivity contribution in [1.82, 2.24) is 0 Å². The van der Waals surface area contributed by atoms with Crippen LogP contribution in [0.15, 0.2) is 34.9 Å². The maximum absolute atomic E-state index is 10.2. The lowest BCUT2D eigenvalue weighted by molar-refractivity contribution is 0.0367. The Kier molecular flexibility index (Phi) is 7.37. The summed E-state index contributed by atoms with van der Waals surface area (Å²) in [6.45, 7) is 10.6. The van der Waals surface area contributed by atoms with E-state index in [4.69, 9.17) is 0 Å². The molecule has 0 spiro atoms. The molecule has 0 aromatic rings. The number of rotatable bonds is 7. The van der Waals surface area contributed by atoms with E-state index in [9.17, 15) is 15.3 Å². The highest BCUT2D eigenvalue weighted by atomic mass is 16.3. The molecule has 3 aliphatic carbocycles. The average molecular weight is 417 g/mol. The third-order valence-electron chi connectivity index (χ3n) is 8.35. The minimum atomic E-state index is -0.556. The van der Waals surface area contributed by atoms with Gasteiger partial charge in [-0.2, -0.15) is 0 Å². The molecule has 30 heavy (non-hydrogen) atoms. The average Bonchev–Trinajstić information content (AvgIpc) is 3.00. The Labute approximate surface area is 184 Å². The standard InChI is InChI=1S/C27H44O3/c1-18(8-6-14-26(3,4)30)22-12-13-23-21(9-7-15-27(22,23)5)11-10-20-16-24(28)19(2)25(29)17-20/h10-11,16,18-19,22,24-25,28-30H,6-9,12-15,17H2,1-5H3/b11-10+/t18-,19-,22-,24-,25-,27-/m1/s1. The molecule has 6 atom stereocenters. The SMILES string of the molecule is C[C@@H]1[C@H](O)C=C(/C=C/C2=C3CC[C@H]([C@H](C)CCCC(C)(C)O)[C@@]3(C)CCC2)C[C@H]1O. The van der Waals surface area contributed by atoms with Crippen LogP contribution in [-0.2, 0) is 0 Å². The maximum atomic E-state index is 10.2. The molecular formula is C27H44O3. The van der Waals surface area contributed by atoms with Crippen LogP contribution < -0.4 is 0 Å². The van der Waals surface area contributed by atoms with Crippen LogP contribution in [-0.4, -0.2) is 33.1 Å². The van der Waals surface area contributed by atoms with Crippen LogP contribution in [0.2, 0.25) is 0 Å². The molecule has 0 unspecified atom stereocenters. The fourth-order valence-electron chi connectivity index (χ4n) is 6.37. The van der Waals surface area contributed by atoms with Gasteiger partial charge in [-0.3, -0.25) is 0 Å². The van der Waals surface area contributed by atoms with Crippen LogP contribution in [0.5, 0.6) is 0 Å². The van der Waals surface area contributed by atoms with E-state index < -0.39 is 17.8 Å². The van der Waals surface area contributed by atoms with Gasteiger partial charge in [-0.25, -0.2) is 0 Å². The molecule has 3 rings (SSSR count). The second-order valence-corrected chi connectivity index (χ2v) is 11.3. The van der Waals surface area contributed by atoms with E-state index in [0.717, 1.165) is 30.8 Å². The second-order valence-electron chi connectivity index (χ2n) is 11.3. The molecule has 3 nitrogen and oxygen atoms in total. The molecule has 0 bridgehead atoms. The molecule has 0 aromatic heterocycles. The van der Waals surface area contributed by atoms with Crippen LogP contribution in [0.25, 0.3) is 0 Å². The molecule has 0 heterocycles. The Balaban J connectivity index is 1.71. The van der Waals surface area contributed by atoms with Gasteiger partial charge in [0.1, 0.15) is 0 Å². The molecule has 0 aromatic carbocycles. The number of aliphatic hydroxyl groups is 3. The van der Waals surface area contributed by atoms with Gasteiger partial charge in [0, 0.05) is 5.92 Å². The van der Waals surface area contributed by atoms with Crippen LogP contribution in [0.1, 0.15) is 92.4 Å². The van der Waals surface area contributed by atoms with Gasteiger partial charge in [-0.1, -0.05) is 57.4 Å². The fourth-order valence-corrected chi connectivity index (χ4v) is 6.37. The van der Waals surface area contributed by atoms with E-state index >= 15 is 0 Å². The highest BCUT2D eigenvalue weighted by molar-refractivity contribution is 5.39. The topological polar surface area (TPSA) is 60.7 Å². The first kappa shape index (κ1) is 23.8. The van der Waals surface area contributed by atoms with Gasteiger partial charge in [-0.05, 0) is 87.2 Å². The van der Waals surface area contributed by atoms with Crippen molar-refractivity contribution in [1.29, 1.82) is 0 Å². The summed E-state index contributed by atoms with van der Waals surface area (Å²) < 4.78 is 0. The highest BCUT2D eigenvalue weighted by Crippen LogP contribution is 2.58. The zero-order valence-electron chi connectivity index (χ0n) is 19.8. The Morgan fingerprint density at radius 3 is 2.63 bits per heavy atom. The summed E-state index contributed by atoms with van der Waals surface area (Å²) in [6, 6.07) is 0. The normalized spacial score (nSPS) is 36.2. The van der Waals surface area contributed by atoms with Crippen molar-refractivity contribution >= 4 is 0 Å². The summed E-state index contributed by atoms with van der Waals surface area (Å²) in [6.07, 6.45) is 15.3. The molecule has 3 heteroatoms. The number of allylic oxidation sites excluding steroid dienone is 4. The molecule has 1 saturated carbocycles. The molecule has 3 aliphatic rings. The van der Waals surface area contributed by atoms with Crippen molar-refractivity contribution in [3.8, 4) is 0 Å². The molecule has 0 aliphatic heterocycles. The number of hydrogen-bond donors (Lipinski definition) is 3. The van der Waals surface area contributed by atoms with Crippen LogP contribution in [0.3, 0.4) is 0 Å². The zero-order chi connectivity index (χ0) is 22.1. The molecule has 170 valence electrons. The Morgan fingerprint density at radius 1 is 1.23 bits per heavy atom. The Hall–Kier alpha value is -0.900. The van der Waals surface area contributed by atoms with E-state index in [1.54, 1.807) is 5.57 Å². The predicted octanol–water partition coefficient (Wildman–Crippen LogP) is 5.70. The minimum Gasteiger partial charge on any atom is -0.392 e. The Morgan fingerprint density at radius 2 is 1.97 bits per heavy atom. The maximum Gasteiger partial charge on any atom is 0.0776 e. The summed E-state index contributed by atoms with van der Waals surface area (Å²) in [5, 5.41) is 30.4. The van der Waals surface area contributed by atoms with Crippen LogP contribution in [0, 0.1) is 23.2 Å². The van der Waals surface area contributed by atoms with Gasteiger partial charge in [-0.15, -0.1) is 0 Å². The lowest BCUT2D eigenvalue weighted by Crippen LogP contribution is -2.32. The Bertz CT molecular complexity index is 695. The molecule has 1 fully saturated rings. The number of hydrogen-bond acceptors (Lipinski definition) is 3. The molecule has 0 saturated heterocycles. The summed E-state index contributed by atoms with van der Waals surface area (Å²) >= 11 is 0. The highest BCUT2D eigenvalue weighted by Gasteiger charge is 2.46. The molecule has 0 radical (unpaired) electrons. The minimum absolute atomic E-state index is 0.0874. The van der Waals surface area contributed by atoms with Crippen molar-refractivity contribution in [2.24, 2.45) is 23.2 Å². The van der Waals surface area contributed by atoms with Crippen LogP contribution >= 0.6 is 0 Å². The van der Waals surface area contributed by atoms with Gasteiger partial charge < -0.3 is 15.3 Å². The van der Waals surface area contributed by atoms with Gasteiger partial charge >= 0.3 is 0 Å². The van der Waals surface area contributed by atoms with E-state index in [1.807, 2.05) is 26.8 Å². The molecule has 0 amide bonds. The smallest absolute Gasteiger partial charge is 0.0776 e. The van der Waals surface area contributed by atoms with E-state index in [-0.39, 0.29) is 5.92 Å². The molecule has 3 N–H and O–H groups in total. The predicted molar refractivity (Wildman–Crippen MR) is 124 cm³/mol. The van der Waals surface area contributed by atoms with Gasteiger partial charge in [0.15, 0.2) is 0 Å². The lowest BCUT2D eigenvalue weighted by atomic mass is 9.64. The van der Waals surface area contributed by atoms with E-state index in [2.05, 4.69) is 26.0 Å². The van der Waals surface area contributed by atoms with Gasteiger partial charge in [0.25, 0.3) is 0 Å². The largest absolute Gasteiger partial charge is 0.392 e. The van der Waals surface area contributed by atoms with Crippen molar-refractivity contribution in [2.75, 3.05) is 0 Å². The number of aliphatic hydroxyl groups excluding tert-OH is 2. The second kappa shape index (κ2) is 9.30. The van der Waals surface area contributed by atoms with Gasteiger partial charge in [0.05, 0.1) is 17.8 Å². The van der Waals surface area contributed by atoms with Crippen molar-refractivity contribution in [2.45, 2.75) is 110 Å². The van der Waals surface area contributed by atoms with E-state index in [1.165, 1.54) is 37.7 Å². The van der Waals surface area contributed by atoms with E-state index in [0.29, 0.717) is 17.8 Å². The monoisotopic (exact) mass is 416 g/mol. The van der Waals surface area contributed by atoms with Gasteiger partial charge in [0.2, 0.25) is 0 Å². The molecular weight excluding hydrogens is 372 g/mol. The quantitative estimate of drug-likeness (QED) is 0.498. The van der Waals surface area contributed by atoms with Crippen LogP contribution in [0.4, 0.5) is 0 Å².